The van der Waals surface area contributed by atoms with E-state index < -0.39 is 5.97 Å². The lowest BCUT2D eigenvalue weighted by Crippen LogP contribution is -2.29. The van der Waals surface area contributed by atoms with Crippen LogP contribution in [0.3, 0.4) is 0 Å². The normalized spacial score (nSPS) is 10.3. The monoisotopic (exact) mass is 272 g/mol. The van der Waals surface area contributed by atoms with Gasteiger partial charge in [-0.2, -0.15) is 0 Å². The number of amides is 1. The zero-order chi connectivity index (χ0) is 14.7. The highest BCUT2D eigenvalue weighted by atomic mass is 16.4. The number of benzene rings is 1. The molecular weight excluding hydrogens is 256 g/mol. The summed E-state index contributed by atoms with van der Waals surface area (Å²) in [5, 5.41) is 8.85. The molecule has 0 aliphatic heterocycles. The van der Waals surface area contributed by atoms with Gasteiger partial charge < -0.3 is 14.6 Å². The second-order valence-corrected chi connectivity index (χ2v) is 4.57. The number of anilines is 1. The Bertz CT molecular complexity index is 646. The molecule has 0 radical (unpaired) electrons. The molecule has 1 aromatic heterocycles. The first-order chi connectivity index (χ1) is 9.50. The maximum atomic E-state index is 12.5. The maximum absolute atomic E-state index is 12.5. The third kappa shape index (κ3) is 2.71. The maximum Gasteiger partial charge on any atom is 0.323 e. The molecule has 0 unspecified atom stereocenters. The summed E-state index contributed by atoms with van der Waals surface area (Å²) >= 11 is 0. The molecule has 1 aromatic carbocycles. The largest absolute Gasteiger partial charge is 0.480 e. The fraction of sp³-hybridized carbons (Fsp3) is 0.200. The lowest BCUT2D eigenvalue weighted by molar-refractivity contribution is -0.137. The van der Waals surface area contributed by atoms with Crippen molar-refractivity contribution in [3.8, 4) is 0 Å². The van der Waals surface area contributed by atoms with Gasteiger partial charge in [-0.1, -0.05) is 18.2 Å². The van der Waals surface area contributed by atoms with Crippen LogP contribution in [0.1, 0.15) is 16.1 Å². The molecule has 2 aromatic rings. The van der Waals surface area contributed by atoms with Gasteiger partial charge in [0.25, 0.3) is 5.91 Å². The zero-order valence-corrected chi connectivity index (χ0v) is 11.4. The Morgan fingerprint density at radius 3 is 2.55 bits per heavy atom. The van der Waals surface area contributed by atoms with Crippen molar-refractivity contribution in [2.45, 2.75) is 13.5 Å². The van der Waals surface area contributed by atoms with Crippen molar-refractivity contribution in [1.29, 1.82) is 0 Å². The number of carboxylic acids is 1. The standard InChI is InChI=1S/C15H16N2O3/c1-11-6-3-4-7-12(11)16(2)15(20)13-8-5-9-17(13)10-14(18)19/h3-9H,10H2,1-2H3,(H,18,19). The van der Waals surface area contributed by atoms with Crippen LogP contribution in [0.2, 0.25) is 0 Å². The SMILES string of the molecule is Cc1ccccc1N(C)C(=O)c1cccn1CC(=O)O. The minimum absolute atomic E-state index is 0.227. The van der Waals surface area contributed by atoms with Gasteiger partial charge in [0.15, 0.2) is 0 Å². The van der Waals surface area contributed by atoms with Gasteiger partial charge in [0.05, 0.1) is 0 Å². The molecule has 0 atom stereocenters. The second kappa shape index (κ2) is 5.61. The van der Waals surface area contributed by atoms with Crippen molar-refractivity contribution < 1.29 is 14.7 Å². The van der Waals surface area contributed by atoms with E-state index in [1.807, 2.05) is 31.2 Å². The van der Waals surface area contributed by atoms with Crippen LogP contribution in [0.4, 0.5) is 5.69 Å². The smallest absolute Gasteiger partial charge is 0.323 e. The summed E-state index contributed by atoms with van der Waals surface area (Å²) in [7, 11) is 1.68. The predicted octanol–water partition coefficient (Wildman–Crippen LogP) is 2.16. The van der Waals surface area contributed by atoms with E-state index in [1.54, 1.807) is 25.4 Å². The molecule has 0 spiro atoms. The van der Waals surface area contributed by atoms with Crippen LogP contribution >= 0.6 is 0 Å². The Kier molecular flexibility index (Phi) is 3.89. The van der Waals surface area contributed by atoms with E-state index in [2.05, 4.69) is 0 Å². The van der Waals surface area contributed by atoms with Crippen LogP contribution in [0.15, 0.2) is 42.6 Å². The van der Waals surface area contributed by atoms with Crippen molar-refractivity contribution in [3.63, 3.8) is 0 Å². The molecule has 0 aliphatic carbocycles. The molecule has 104 valence electrons. The van der Waals surface area contributed by atoms with Crippen molar-refractivity contribution in [2.24, 2.45) is 0 Å². The molecule has 5 heteroatoms. The van der Waals surface area contributed by atoms with Gasteiger partial charge in [-0.3, -0.25) is 9.59 Å². The molecule has 0 saturated heterocycles. The van der Waals surface area contributed by atoms with E-state index in [0.717, 1.165) is 11.3 Å². The first-order valence-corrected chi connectivity index (χ1v) is 6.21. The summed E-state index contributed by atoms with van der Waals surface area (Å²) in [6, 6.07) is 10.8. The number of carboxylic acid groups (broad SMARTS) is 1. The van der Waals surface area contributed by atoms with Crippen LogP contribution in [0.5, 0.6) is 0 Å². The summed E-state index contributed by atoms with van der Waals surface area (Å²) in [6.45, 7) is 1.70. The highest BCUT2D eigenvalue weighted by molar-refractivity contribution is 6.05. The van der Waals surface area contributed by atoms with Crippen LogP contribution in [0, 0.1) is 6.92 Å². The lowest BCUT2D eigenvalue weighted by Gasteiger charge is -2.20. The molecule has 20 heavy (non-hydrogen) atoms. The topological polar surface area (TPSA) is 62.5 Å². The predicted molar refractivity (Wildman–Crippen MR) is 76.0 cm³/mol. The third-order valence-corrected chi connectivity index (χ3v) is 3.14. The van der Waals surface area contributed by atoms with E-state index in [1.165, 1.54) is 9.47 Å². The van der Waals surface area contributed by atoms with Gasteiger partial charge in [-0.05, 0) is 30.7 Å². The number of aromatic nitrogens is 1. The van der Waals surface area contributed by atoms with Crippen molar-refractivity contribution >= 4 is 17.6 Å². The fourth-order valence-electron chi connectivity index (χ4n) is 2.11. The quantitative estimate of drug-likeness (QED) is 0.927. The highest BCUT2D eigenvalue weighted by Gasteiger charge is 2.18. The minimum Gasteiger partial charge on any atom is -0.480 e. The molecular formula is C15H16N2O3. The number of nitrogens with zero attached hydrogens (tertiary/aromatic N) is 2. The second-order valence-electron chi connectivity index (χ2n) is 4.57. The van der Waals surface area contributed by atoms with E-state index in [4.69, 9.17) is 5.11 Å². The molecule has 0 saturated carbocycles. The van der Waals surface area contributed by atoms with Gasteiger partial charge in [0.1, 0.15) is 12.2 Å². The van der Waals surface area contributed by atoms with E-state index in [-0.39, 0.29) is 12.5 Å². The van der Waals surface area contributed by atoms with Crippen molar-refractivity contribution in [3.05, 3.63) is 53.9 Å². The molecule has 1 amide bonds. The number of rotatable bonds is 4. The Hall–Kier alpha value is -2.56. The van der Waals surface area contributed by atoms with E-state index >= 15 is 0 Å². The lowest BCUT2D eigenvalue weighted by atomic mass is 10.2. The van der Waals surface area contributed by atoms with E-state index in [0.29, 0.717) is 5.69 Å². The fourth-order valence-corrected chi connectivity index (χ4v) is 2.11. The number of aryl methyl sites for hydroxylation is 1. The summed E-state index contributed by atoms with van der Waals surface area (Å²) in [6.07, 6.45) is 1.59. The van der Waals surface area contributed by atoms with Crippen LogP contribution in [-0.4, -0.2) is 28.6 Å². The van der Waals surface area contributed by atoms with Gasteiger partial charge in [-0.25, -0.2) is 0 Å². The van der Waals surface area contributed by atoms with Crippen molar-refractivity contribution in [1.82, 2.24) is 4.57 Å². The van der Waals surface area contributed by atoms with Gasteiger partial charge in [0, 0.05) is 18.9 Å². The summed E-state index contributed by atoms with van der Waals surface area (Å²) in [5.74, 6) is -1.21. The van der Waals surface area contributed by atoms with E-state index in [9.17, 15) is 9.59 Å². The molecule has 2 rings (SSSR count). The zero-order valence-electron chi connectivity index (χ0n) is 11.4. The summed E-state index contributed by atoms with van der Waals surface area (Å²) in [5.41, 5.74) is 2.15. The average molecular weight is 272 g/mol. The summed E-state index contributed by atoms with van der Waals surface area (Å²) in [4.78, 5) is 24.8. The molecule has 5 nitrogen and oxygen atoms in total. The molecule has 0 bridgehead atoms. The average Bonchev–Trinajstić information content (AvgIpc) is 2.85. The molecule has 1 N–H and O–H groups in total. The first-order valence-electron chi connectivity index (χ1n) is 6.21. The number of hydrogen-bond acceptors (Lipinski definition) is 2. The van der Waals surface area contributed by atoms with Gasteiger partial charge in [0.2, 0.25) is 0 Å². The Morgan fingerprint density at radius 1 is 1.20 bits per heavy atom. The first kappa shape index (κ1) is 13.9. The number of hydrogen-bond donors (Lipinski definition) is 1. The third-order valence-electron chi connectivity index (χ3n) is 3.14. The van der Waals surface area contributed by atoms with Crippen molar-refractivity contribution in [2.75, 3.05) is 11.9 Å². The Morgan fingerprint density at radius 2 is 1.90 bits per heavy atom. The van der Waals surface area contributed by atoms with Crippen LogP contribution < -0.4 is 4.90 Å². The Balaban J connectivity index is 2.30. The number of carbonyl (C=O) groups is 2. The summed E-state index contributed by atoms with van der Waals surface area (Å²) < 4.78 is 1.43. The minimum atomic E-state index is -0.978. The van der Waals surface area contributed by atoms with Crippen LogP contribution in [-0.2, 0) is 11.3 Å². The molecule has 1 heterocycles. The number of aliphatic carboxylic acids is 1. The van der Waals surface area contributed by atoms with Crippen LogP contribution in [0.25, 0.3) is 0 Å². The Labute approximate surface area is 117 Å². The number of carbonyl (C=O) groups excluding carboxylic acids is 1. The molecule has 0 aliphatic rings. The number of para-hydroxylation sites is 1. The van der Waals surface area contributed by atoms with Gasteiger partial charge >= 0.3 is 5.97 Å². The van der Waals surface area contributed by atoms with Gasteiger partial charge in [-0.15, -0.1) is 0 Å². The highest BCUT2D eigenvalue weighted by Crippen LogP contribution is 2.20. The molecule has 0 fully saturated rings.